The fourth-order valence-electron chi connectivity index (χ4n) is 3.82. The largest absolute Gasteiger partial charge is 0.381 e. The molecule has 2 aliphatic rings. The van der Waals surface area contributed by atoms with Crippen LogP contribution in [-0.2, 0) is 17.8 Å². The Morgan fingerprint density at radius 2 is 2.08 bits per heavy atom. The van der Waals surface area contributed by atoms with Crippen molar-refractivity contribution in [2.45, 2.75) is 58.2 Å². The molecule has 9 heteroatoms. The summed E-state index contributed by atoms with van der Waals surface area (Å²) in [5, 5.41) is 19.8. The average molecular weight is 346 g/mol. The molecular formula is C16H26N8O. The highest BCUT2D eigenvalue weighted by molar-refractivity contribution is 4.99. The Morgan fingerprint density at radius 3 is 2.88 bits per heavy atom. The van der Waals surface area contributed by atoms with Gasteiger partial charge in [-0.1, -0.05) is 6.42 Å². The predicted molar refractivity (Wildman–Crippen MR) is 89.5 cm³/mol. The summed E-state index contributed by atoms with van der Waals surface area (Å²) in [5.41, 5.74) is 0. The number of rotatable bonds is 5. The maximum atomic E-state index is 5.45. The molecule has 1 atom stereocenters. The molecular weight excluding hydrogens is 320 g/mol. The minimum absolute atomic E-state index is 0.243. The van der Waals surface area contributed by atoms with Crippen LogP contribution >= 0.6 is 0 Å². The quantitative estimate of drug-likeness (QED) is 0.870. The standard InChI is InChI=1S/C16H26N8O/c1-12-17-16(20-18-12)14-4-2-3-7-23(14)11-15-19-21-22-24(15)10-13-5-8-25-9-6-13/h13-14H,2-11H2,1H3,(H,17,18,20)/t14-/m1/s1. The van der Waals surface area contributed by atoms with E-state index < -0.39 is 0 Å². The van der Waals surface area contributed by atoms with Crippen molar-refractivity contribution >= 4 is 0 Å². The third-order valence-corrected chi connectivity index (χ3v) is 5.25. The van der Waals surface area contributed by atoms with Crippen LogP contribution in [0.1, 0.15) is 55.6 Å². The predicted octanol–water partition coefficient (Wildman–Crippen LogP) is 1.25. The monoisotopic (exact) mass is 346 g/mol. The molecule has 136 valence electrons. The highest BCUT2D eigenvalue weighted by Crippen LogP contribution is 2.30. The smallest absolute Gasteiger partial charge is 0.167 e. The normalized spacial score (nSPS) is 23.2. The fourth-order valence-corrected chi connectivity index (χ4v) is 3.82. The van der Waals surface area contributed by atoms with Gasteiger partial charge in [-0.05, 0) is 55.5 Å². The van der Waals surface area contributed by atoms with Crippen LogP contribution in [0.5, 0.6) is 0 Å². The Morgan fingerprint density at radius 1 is 1.20 bits per heavy atom. The number of aryl methyl sites for hydroxylation is 1. The number of tetrazole rings is 1. The van der Waals surface area contributed by atoms with E-state index in [4.69, 9.17) is 4.74 Å². The molecule has 2 aliphatic heterocycles. The number of hydrogen-bond acceptors (Lipinski definition) is 7. The third kappa shape index (κ3) is 3.87. The van der Waals surface area contributed by atoms with Crippen molar-refractivity contribution in [1.82, 2.24) is 40.3 Å². The van der Waals surface area contributed by atoms with Gasteiger partial charge in [-0.25, -0.2) is 9.67 Å². The number of aromatic nitrogens is 7. The molecule has 4 rings (SSSR count). The summed E-state index contributed by atoms with van der Waals surface area (Å²) in [7, 11) is 0. The van der Waals surface area contributed by atoms with Crippen molar-refractivity contribution in [3.63, 3.8) is 0 Å². The van der Waals surface area contributed by atoms with Gasteiger partial charge in [0.15, 0.2) is 11.6 Å². The van der Waals surface area contributed by atoms with E-state index in [0.717, 1.165) is 69.6 Å². The van der Waals surface area contributed by atoms with E-state index in [0.29, 0.717) is 5.92 Å². The number of nitrogens with one attached hydrogen (secondary N) is 1. The SMILES string of the molecule is Cc1nc([C@H]2CCCCN2Cc2nnnn2CC2CCOCC2)n[nH]1. The van der Waals surface area contributed by atoms with Gasteiger partial charge in [-0.3, -0.25) is 10.00 Å². The van der Waals surface area contributed by atoms with Crippen LogP contribution in [0.15, 0.2) is 0 Å². The molecule has 2 aromatic heterocycles. The number of nitrogens with zero attached hydrogens (tertiary/aromatic N) is 7. The molecule has 1 N–H and O–H groups in total. The van der Waals surface area contributed by atoms with Crippen molar-refractivity contribution in [3.05, 3.63) is 17.5 Å². The molecule has 0 amide bonds. The van der Waals surface area contributed by atoms with Crippen LogP contribution in [0.3, 0.4) is 0 Å². The Balaban J connectivity index is 1.46. The van der Waals surface area contributed by atoms with Gasteiger partial charge in [0.05, 0.1) is 12.6 Å². The zero-order valence-corrected chi connectivity index (χ0v) is 14.8. The number of ether oxygens (including phenoxy) is 1. The number of H-pyrrole nitrogens is 1. The maximum absolute atomic E-state index is 5.45. The lowest BCUT2D eigenvalue weighted by molar-refractivity contribution is 0.0589. The molecule has 0 saturated carbocycles. The molecule has 0 unspecified atom stereocenters. The van der Waals surface area contributed by atoms with Crippen molar-refractivity contribution in [1.29, 1.82) is 0 Å². The molecule has 0 aromatic carbocycles. The van der Waals surface area contributed by atoms with Crippen LogP contribution in [0.2, 0.25) is 0 Å². The average Bonchev–Trinajstić information content (AvgIpc) is 3.26. The Kier molecular flexibility index (Phi) is 5.02. The molecule has 0 radical (unpaired) electrons. The van der Waals surface area contributed by atoms with E-state index in [1.807, 2.05) is 11.6 Å². The molecule has 9 nitrogen and oxygen atoms in total. The first kappa shape index (κ1) is 16.6. The summed E-state index contributed by atoms with van der Waals surface area (Å²) >= 11 is 0. The molecule has 2 fully saturated rings. The van der Waals surface area contributed by atoms with Crippen molar-refractivity contribution in [3.8, 4) is 0 Å². The summed E-state index contributed by atoms with van der Waals surface area (Å²) in [5.74, 6) is 3.29. The summed E-state index contributed by atoms with van der Waals surface area (Å²) in [6.07, 6.45) is 5.66. The molecule has 25 heavy (non-hydrogen) atoms. The summed E-state index contributed by atoms with van der Waals surface area (Å²) in [6, 6.07) is 0.243. The minimum Gasteiger partial charge on any atom is -0.381 e. The van der Waals surface area contributed by atoms with Gasteiger partial charge in [-0.2, -0.15) is 5.10 Å². The van der Waals surface area contributed by atoms with Crippen molar-refractivity contribution in [2.24, 2.45) is 5.92 Å². The van der Waals surface area contributed by atoms with Crippen LogP contribution in [0, 0.1) is 12.8 Å². The van der Waals surface area contributed by atoms with Gasteiger partial charge in [0, 0.05) is 19.8 Å². The van der Waals surface area contributed by atoms with E-state index in [1.165, 1.54) is 12.8 Å². The van der Waals surface area contributed by atoms with Gasteiger partial charge in [0.25, 0.3) is 0 Å². The minimum atomic E-state index is 0.243. The van der Waals surface area contributed by atoms with E-state index in [-0.39, 0.29) is 6.04 Å². The zero-order valence-electron chi connectivity index (χ0n) is 14.8. The molecule has 0 aliphatic carbocycles. The molecule has 4 heterocycles. The summed E-state index contributed by atoms with van der Waals surface area (Å²) < 4.78 is 7.43. The van der Waals surface area contributed by atoms with Crippen LogP contribution in [0.4, 0.5) is 0 Å². The number of likely N-dealkylation sites (tertiary alicyclic amines) is 1. The lowest BCUT2D eigenvalue weighted by Crippen LogP contribution is -2.35. The van der Waals surface area contributed by atoms with Gasteiger partial charge >= 0.3 is 0 Å². The second-order valence-electron chi connectivity index (χ2n) is 7.09. The van der Waals surface area contributed by atoms with Gasteiger partial charge in [-0.15, -0.1) is 5.10 Å². The van der Waals surface area contributed by atoms with Crippen LogP contribution in [0.25, 0.3) is 0 Å². The molecule has 0 bridgehead atoms. The van der Waals surface area contributed by atoms with Crippen molar-refractivity contribution in [2.75, 3.05) is 19.8 Å². The Labute approximate surface area is 147 Å². The van der Waals surface area contributed by atoms with Gasteiger partial charge < -0.3 is 4.74 Å². The topological polar surface area (TPSA) is 97.6 Å². The van der Waals surface area contributed by atoms with Crippen LogP contribution < -0.4 is 0 Å². The van der Waals surface area contributed by atoms with Gasteiger partial charge in [0.1, 0.15) is 5.82 Å². The summed E-state index contributed by atoms with van der Waals surface area (Å²) in [6.45, 7) is 6.29. The van der Waals surface area contributed by atoms with E-state index in [2.05, 4.69) is 35.6 Å². The highest BCUT2D eigenvalue weighted by atomic mass is 16.5. The lowest BCUT2D eigenvalue weighted by atomic mass is 10.0. The number of hydrogen-bond donors (Lipinski definition) is 1. The Hall–Kier alpha value is -1.87. The number of piperidine rings is 1. The highest BCUT2D eigenvalue weighted by Gasteiger charge is 2.29. The Bertz CT molecular complexity index is 677. The first-order chi connectivity index (χ1) is 12.3. The molecule has 2 aromatic rings. The van der Waals surface area contributed by atoms with E-state index >= 15 is 0 Å². The number of aromatic amines is 1. The van der Waals surface area contributed by atoms with E-state index in [1.54, 1.807) is 0 Å². The second-order valence-corrected chi connectivity index (χ2v) is 7.09. The van der Waals surface area contributed by atoms with Gasteiger partial charge in [0.2, 0.25) is 0 Å². The maximum Gasteiger partial charge on any atom is 0.167 e. The van der Waals surface area contributed by atoms with E-state index in [9.17, 15) is 0 Å². The summed E-state index contributed by atoms with van der Waals surface area (Å²) in [4.78, 5) is 6.96. The first-order valence-corrected chi connectivity index (χ1v) is 9.25. The fraction of sp³-hybridized carbons (Fsp3) is 0.812. The first-order valence-electron chi connectivity index (χ1n) is 9.25. The van der Waals surface area contributed by atoms with Crippen molar-refractivity contribution < 1.29 is 4.74 Å². The second kappa shape index (κ2) is 7.57. The van der Waals surface area contributed by atoms with Crippen LogP contribution in [-0.4, -0.2) is 60.0 Å². The lowest BCUT2D eigenvalue weighted by Gasteiger charge is -2.33. The molecule has 0 spiro atoms. The molecule has 2 saturated heterocycles. The zero-order chi connectivity index (χ0) is 17.1. The third-order valence-electron chi connectivity index (χ3n) is 5.25.